The Labute approximate surface area is 201 Å². The van der Waals surface area contributed by atoms with E-state index in [1.807, 2.05) is 6.92 Å². The second kappa shape index (κ2) is 10.1. The lowest BCUT2D eigenvalue weighted by atomic mass is 9.94. The predicted octanol–water partition coefficient (Wildman–Crippen LogP) is 5.34. The van der Waals surface area contributed by atoms with Gasteiger partial charge in [0.05, 0.1) is 11.8 Å². The van der Waals surface area contributed by atoms with Gasteiger partial charge in [0.2, 0.25) is 15.9 Å². The maximum Gasteiger partial charge on any atom is 0.223 e. The zero-order chi connectivity index (χ0) is 23.6. The molecule has 0 bridgehead atoms. The molecular weight excluding hydrogens is 467 g/mol. The number of carbonyl (C=O) groups is 1. The third-order valence-electron chi connectivity index (χ3n) is 6.31. The molecule has 174 valence electrons. The summed E-state index contributed by atoms with van der Waals surface area (Å²) in [6.07, 6.45) is 0.972. The standard InChI is InChI=1S/C24H30Cl2N2O3S/c1-15-12-17(3)20(13-16(15)2)18(4)27-24(29)19-8-10-28(11-9-19)32(30,31)14-21-22(25)6-5-7-23(21)26/h5-7,12-13,18-19H,8-11,14H2,1-4H3,(H,27,29). The minimum atomic E-state index is -3.58. The largest absolute Gasteiger partial charge is 0.349 e. The number of halogens is 2. The summed E-state index contributed by atoms with van der Waals surface area (Å²) in [6, 6.07) is 9.12. The minimum Gasteiger partial charge on any atom is -0.349 e. The lowest BCUT2D eigenvalue weighted by molar-refractivity contribution is -0.126. The van der Waals surface area contributed by atoms with E-state index in [2.05, 4.69) is 38.2 Å². The Hall–Kier alpha value is -1.60. The third-order valence-corrected chi connectivity index (χ3v) is 8.83. The van der Waals surface area contributed by atoms with Crippen molar-refractivity contribution in [3.05, 3.63) is 68.2 Å². The highest BCUT2D eigenvalue weighted by Crippen LogP contribution is 2.29. The van der Waals surface area contributed by atoms with Crippen molar-refractivity contribution >= 4 is 39.1 Å². The Morgan fingerprint density at radius 2 is 1.62 bits per heavy atom. The van der Waals surface area contributed by atoms with Gasteiger partial charge < -0.3 is 5.32 Å². The first-order valence-electron chi connectivity index (χ1n) is 10.8. The second-order valence-electron chi connectivity index (χ2n) is 8.65. The molecule has 1 aliphatic heterocycles. The number of nitrogens with one attached hydrogen (secondary N) is 1. The van der Waals surface area contributed by atoms with E-state index >= 15 is 0 Å². The zero-order valence-corrected chi connectivity index (χ0v) is 21.2. The number of amides is 1. The van der Waals surface area contributed by atoms with Crippen molar-refractivity contribution in [1.29, 1.82) is 0 Å². The minimum absolute atomic E-state index is 0.0266. The molecule has 0 spiro atoms. The topological polar surface area (TPSA) is 66.5 Å². The number of hydrogen-bond acceptors (Lipinski definition) is 3. The molecule has 8 heteroatoms. The fourth-order valence-electron chi connectivity index (χ4n) is 4.20. The molecule has 0 aromatic heterocycles. The summed E-state index contributed by atoms with van der Waals surface area (Å²) in [7, 11) is -3.58. The van der Waals surface area contributed by atoms with Crippen molar-refractivity contribution in [2.45, 2.75) is 52.3 Å². The lowest BCUT2D eigenvalue weighted by Gasteiger charge is -2.31. The number of rotatable bonds is 6. The van der Waals surface area contributed by atoms with Crippen LogP contribution in [-0.4, -0.2) is 31.7 Å². The molecule has 1 unspecified atom stereocenters. The Morgan fingerprint density at radius 1 is 1.06 bits per heavy atom. The predicted molar refractivity (Wildman–Crippen MR) is 131 cm³/mol. The summed E-state index contributed by atoms with van der Waals surface area (Å²) in [5, 5.41) is 3.80. The summed E-state index contributed by atoms with van der Waals surface area (Å²) in [4.78, 5) is 12.9. The monoisotopic (exact) mass is 496 g/mol. The van der Waals surface area contributed by atoms with Gasteiger partial charge in [0, 0.05) is 34.6 Å². The van der Waals surface area contributed by atoms with Crippen molar-refractivity contribution in [2.75, 3.05) is 13.1 Å². The number of aryl methyl sites for hydroxylation is 3. The van der Waals surface area contributed by atoms with E-state index in [9.17, 15) is 13.2 Å². The van der Waals surface area contributed by atoms with E-state index < -0.39 is 10.0 Å². The first-order valence-corrected chi connectivity index (χ1v) is 13.1. The van der Waals surface area contributed by atoms with Crippen LogP contribution in [0.25, 0.3) is 0 Å². The first-order chi connectivity index (χ1) is 15.0. The van der Waals surface area contributed by atoms with Gasteiger partial charge >= 0.3 is 0 Å². The number of sulfonamides is 1. The van der Waals surface area contributed by atoms with E-state index in [0.717, 1.165) is 11.1 Å². The molecule has 1 amide bonds. The van der Waals surface area contributed by atoms with Crippen LogP contribution in [0.4, 0.5) is 0 Å². The Bertz CT molecular complexity index is 1090. The van der Waals surface area contributed by atoms with Gasteiger partial charge in [0.1, 0.15) is 0 Å². The highest BCUT2D eigenvalue weighted by Gasteiger charge is 2.32. The number of benzene rings is 2. The zero-order valence-electron chi connectivity index (χ0n) is 18.9. The van der Waals surface area contributed by atoms with E-state index in [-0.39, 0.29) is 23.6 Å². The van der Waals surface area contributed by atoms with Gasteiger partial charge in [-0.25, -0.2) is 12.7 Å². The van der Waals surface area contributed by atoms with Crippen LogP contribution in [0.2, 0.25) is 10.0 Å². The molecule has 32 heavy (non-hydrogen) atoms. The summed E-state index contributed by atoms with van der Waals surface area (Å²) >= 11 is 12.3. The molecule has 1 saturated heterocycles. The highest BCUT2D eigenvalue weighted by atomic mass is 35.5. The molecule has 5 nitrogen and oxygen atoms in total. The van der Waals surface area contributed by atoms with Crippen LogP contribution in [0.5, 0.6) is 0 Å². The lowest BCUT2D eigenvalue weighted by Crippen LogP contribution is -2.43. The van der Waals surface area contributed by atoms with Gasteiger partial charge in [0.25, 0.3) is 0 Å². The average Bonchev–Trinajstić information content (AvgIpc) is 2.73. The van der Waals surface area contributed by atoms with Crippen molar-refractivity contribution in [1.82, 2.24) is 9.62 Å². The molecule has 0 radical (unpaired) electrons. The molecule has 1 N–H and O–H groups in total. The van der Waals surface area contributed by atoms with Gasteiger partial charge in [-0.3, -0.25) is 4.79 Å². The molecule has 1 atom stereocenters. The van der Waals surface area contributed by atoms with Gasteiger partial charge in [-0.15, -0.1) is 0 Å². The molecule has 1 heterocycles. The maximum absolute atomic E-state index is 12.9. The second-order valence-corrected chi connectivity index (χ2v) is 11.4. The highest BCUT2D eigenvalue weighted by molar-refractivity contribution is 7.88. The van der Waals surface area contributed by atoms with Gasteiger partial charge in [0.15, 0.2) is 0 Å². The fraction of sp³-hybridized carbons (Fsp3) is 0.458. The molecule has 1 aliphatic rings. The van der Waals surface area contributed by atoms with E-state index in [1.165, 1.54) is 15.4 Å². The van der Waals surface area contributed by atoms with Crippen molar-refractivity contribution in [3.8, 4) is 0 Å². The van der Waals surface area contributed by atoms with Gasteiger partial charge in [-0.1, -0.05) is 41.4 Å². The van der Waals surface area contributed by atoms with Crippen LogP contribution >= 0.6 is 23.2 Å². The van der Waals surface area contributed by atoms with Crippen LogP contribution < -0.4 is 5.32 Å². The van der Waals surface area contributed by atoms with E-state index in [4.69, 9.17) is 23.2 Å². The third kappa shape index (κ3) is 5.66. The summed E-state index contributed by atoms with van der Waals surface area (Å²) < 4.78 is 27.2. The van der Waals surface area contributed by atoms with E-state index in [1.54, 1.807) is 18.2 Å². The molecule has 3 rings (SSSR count). The molecule has 0 saturated carbocycles. The Balaban J connectivity index is 1.60. The summed E-state index contributed by atoms with van der Waals surface area (Å²) in [5.74, 6) is -0.480. The van der Waals surface area contributed by atoms with Gasteiger partial charge in [-0.05, 0) is 74.9 Å². The summed E-state index contributed by atoms with van der Waals surface area (Å²) in [5.41, 5.74) is 5.10. The smallest absolute Gasteiger partial charge is 0.223 e. The number of piperidine rings is 1. The van der Waals surface area contributed by atoms with Gasteiger partial charge in [-0.2, -0.15) is 0 Å². The number of hydrogen-bond donors (Lipinski definition) is 1. The SMILES string of the molecule is Cc1cc(C)c(C(C)NC(=O)C2CCN(S(=O)(=O)Cc3c(Cl)cccc3Cl)CC2)cc1C. The molecule has 2 aromatic carbocycles. The van der Waals surface area contributed by atoms with Crippen LogP contribution in [0.1, 0.15) is 53.6 Å². The number of carbonyl (C=O) groups excluding carboxylic acids is 1. The van der Waals surface area contributed by atoms with Crippen LogP contribution in [-0.2, 0) is 20.6 Å². The normalized spacial score (nSPS) is 16.7. The Kier molecular flexibility index (Phi) is 7.92. The van der Waals surface area contributed by atoms with Crippen molar-refractivity contribution in [2.24, 2.45) is 5.92 Å². The molecular formula is C24H30Cl2N2O3S. The quantitative estimate of drug-likeness (QED) is 0.586. The molecule has 0 aliphatic carbocycles. The Morgan fingerprint density at radius 3 is 2.22 bits per heavy atom. The maximum atomic E-state index is 12.9. The van der Waals surface area contributed by atoms with Crippen LogP contribution in [0.3, 0.4) is 0 Å². The van der Waals surface area contributed by atoms with Crippen molar-refractivity contribution < 1.29 is 13.2 Å². The van der Waals surface area contributed by atoms with Crippen LogP contribution in [0, 0.1) is 26.7 Å². The number of nitrogens with zero attached hydrogens (tertiary/aromatic N) is 1. The first kappa shape index (κ1) is 25.0. The van der Waals surface area contributed by atoms with Crippen molar-refractivity contribution in [3.63, 3.8) is 0 Å². The summed E-state index contributed by atoms with van der Waals surface area (Å²) in [6.45, 7) is 8.80. The molecule has 1 fully saturated rings. The average molecular weight is 497 g/mol. The van der Waals surface area contributed by atoms with Crippen LogP contribution in [0.15, 0.2) is 30.3 Å². The fourth-order valence-corrected chi connectivity index (χ4v) is 6.51. The molecule has 2 aromatic rings. The van der Waals surface area contributed by atoms with E-state index in [0.29, 0.717) is 41.5 Å².